The van der Waals surface area contributed by atoms with Gasteiger partial charge in [0, 0.05) is 12.6 Å². The van der Waals surface area contributed by atoms with E-state index in [1.807, 2.05) is 19.1 Å². The zero-order chi connectivity index (χ0) is 12.4. The zero-order valence-electron chi connectivity index (χ0n) is 10.1. The van der Waals surface area contributed by atoms with Gasteiger partial charge >= 0.3 is 0 Å². The molecule has 4 heteroatoms. The van der Waals surface area contributed by atoms with Gasteiger partial charge in [0.15, 0.2) is 5.78 Å². The van der Waals surface area contributed by atoms with E-state index in [2.05, 4.69) is 10.3 Å². The highest BCUT2D eigenvalue weighted by Gasteiger charge is 2.33. The summed E-state index contributed by atoms with van der Waals surface area (Å²) in [5.41, 5.74) is 1.08. The highest BCUT2D eigenvalue weighted by molar-refractivity contribution is 6.07. The number of pyridine rings is 1. The molecule has 1 fully saturated rings. The summed E-state index contributed by atoms with van der Waals surface area (Å²) >= 11 is 0. The van der Waals surface area contributed by atoms with Crippen molar-refractivity contribution in [2.45, 2.75) is 32.7 Å². The predicted molar refractivity (Wildman–Crippen MR) is 64.8 cm³/mol. The van der Waals surface area contributed by atoms with Crippen LogP contribution in [0.5, 0.6) is 0 Å². The number of carbonyl (C=O) groups excluding carboxylic acids is 2. The summed E-state index contributed by atoms with van der Waals surface area (Å²) in [4.78, 5) is 27.5. The van der Waals surface area contributed by atoms with Gasteiger partial charge in [0.25, 0.3) is 0 Å². The van der Waals surface area contributed by atoms with Crippen molar-refractivity contribution in [1.82, 2.24) is 4.98 Å². The minimum Gasteiger partial charge on any atom is -0.360 e. The van der Waals surface area contributed by atoms with Crippen molar-refractivity contribution < 1.29 is 9.59 Å². The maximum absolute atomic E-state index is 11.9. The number of nitrogens with one attached hydrogen (secondary N) is 1. The Hall–Kier alpha value is -1.71. The molecule has 0 saturated heterocycles. The number of hydrogen-bond donors (Lipinski definition) is 1. The van der Waals surface area contributed by atoms with E-state index < -0.39 is 5.92 Å². The lowest BCUT2D eigenvalue weighted by Crippen LogP contribution is -2.41. The average molecular weight is 232 g/mol. The molecule has 0 spiro atoms. The molecule has 4 nitrogen and oxygen atoms in total. The quantitative estimate of drug-likeness (QED) is 0.789. The standard InChI is InChI=1S/C13H16N2O2/c1-8-3-6-12(14-7-8)15-10-4-5-11(16)9(2)13(10)17/h3,6-7,9-10H,4-5H2,1-2H3,(H,14,15). The van der Waals surface area contributed by atoms with E-state index in [4.69, 9.17) is 0 Å². The fourth-order valence-corrected chi connectivity index (χ4v) is 1.98. The molecule has 1 N–H and O–H groups in total. The summed E-state index contributed by atoms with van der Waals surface area (Å²) in [6, 6.07) is 3.51. The first-order valence-corrected chi connectivity index (χ1v) is 5.83. The second-order valence-corrected chi connectivity index (χ2v) is 4.55. The molecule has 0 radical (unpaired) electrons. The third kappa shape index (κ3) is 2.52. The second-order valence-electron chi connectivity index (χ2n) is 4.55. The number of anilines is 1. The lowest BCUT2D eigenvalue weighted by Gasteiger charge is -2.25. The molecule has 1 heterocycles. The van der Waals surface area contributed by atoms with Crippen molar-refractivity contribution >= 4 is 17.4 Å². The lowest BCUT2D eigenvalue weighted by atomic mass is 9.84. The molecule has 2 rings (SSSR count). The SMILES string of the molecule is Cc1ccc(NC2CCC(=O)C(C)C2=O)nc1. The summed E-state index contributed by atoms with van der Waals surface area (Å²) in [5.74, 6) is 0.232. The highest BCUT2D eigenvalue weighted by Crippen LogP contribution is 2.20. The third-order valence-electron chi connectivity index (χ3n) is 3.17. The molecule has 0 aliphatic heterocycles. The smallest absolute Gasteiger partial charge is 0.165 e. The van der Waals surface area contributed by atoms with Gasteiger partial charge in [-0.15, -0.1) is 0 Å². The second kappa shape index (κ2) is 4.65. The lowest BCUT2D eigenvalue weighted by molar-refractivity contribution is -0.135. The number of nitrogens with zero attached hydrogens (tertiary/aromatic N) is 1. The van der Waals surface area contributed by atoms with Crippen LogP contribution >= 0.6 is 0 Å². The Bertz CT molecular complexity index is 439. The molecule has 17 heavy (non-hydrogen) atoms. The fourth-order valence-electron chi connectivity index (χ4n) is 1.98. The molecule has 2 unspecified atom stereocenters. The monoisotopic (exact) mass is 232 g/mol. The van der Waals surface area contributed by atoms with Crippen LogP contribution in [-0.2, 0) is 9.59 Å². The van der Waals surface area contributed by atoms with E-state index in [0.717, 1.165) is 5.56 Å². The Balaban J connectivity index is 2.06. The van der Waals surface area contributed by atoms with Gasteiger partial charge in [0.2, 0.25) is 0 Å². The Kier molecular flexibility index (Phi) is 3.22. The molecule has 0 bridgehead atoms. The number of Topliss-reactive ketones (excluding diaryl/α,β-unsaturated/α-hetero) is 2. The number of aryl methyl sites for hydroxylation is 1. The summed E-state index contributed by atoms with van der Waals surface area (Å²) in [7, 11) is 0. The Morgan fingerprint density at radius 1 is 1.35 bits per heavy atom. The van der Waals surface area contributed by atoms with Gasteiger partial charge in [-0.1, -0.05) is 6.07 Å². The molecule has 1 saturated carbocycles. The van der Waals surface area contributed by atoms with Gasteiger partial charge in [0.05, 0.1) is 12.0 Å². The van der Waals surface area contributed by atoms with E-state index in [1.165, 1.54) is 0 Å². The van der Waals surface area contributed by atoms with Crippen LogP contribution in [0.3, 0.4) is 0 Å². The molecule has 0 aromatic carbocycles. The highest BCUT2D eigenvalue weighted by atomic mass is 16.2. The molecule has 2 atom stereocenters. The van der Waals surface area contributed by atoms with Crippen molar-refractivity contribution in [1.29, 1.82) is 0 Å². The summed E-state index contributed by atoms with van der Waals surface area (Å²) < 4.78 is 0. The Morgan fingerprint density at radius 3 is 2.76 bits per heavy atom. The number of aromatic nitrogens is 1. The van der Waals surface area contributed by atoms with Crippen LogP contribution in [-0.4, -0.2) is 22.6 Å². The minimum atomic E-state index is -0.480. The zero-order valence-corrected chi connectivity index (χ0v) is 10.1. The molecule has 1 aromatic rings. The van der Waals surface area contributed by atoms with Crippen molar-refractivity contribution in [2.24, 2.45) is 5.92 Å². The minimum absolute atomic E-state index is 0.0244. The van der Waals surface area contributed by atoms with Crippen molar-refractivity contribution in [3.63, 3.8) is 0 Å². The van der Waals surface area contributed by atoms with Gasteiger partial charge in [-0.25, -0.2) is 4.98 Å². The van der Waals surface area contributed by atoms with Crippen LogP contribution in [0.4, 0.5) is 5.82 Å². The fraction of sp³-hybridized carbons (Fsp3) is 0.462. The summed E-state index contributed by atoms with van der Waals surface area (Å²) in [6.45, 7) is 3.64. The van der Waals surface area contributed by atoms with Crippen LogP contribution < -0.4 is 5.32 Å². The average Bonchev–Trinajstić information content (AvgIpc) is 2.33. The molecule has 1 aliphatic carbocycles. The Labute approximate surface area is 100 Å². The first-order chi connectivity index (χ1) is 8.08. The first kappa shape index (κ1) is 11.8. The van der Waals surface area contributed by atoms with E-state index in [-0.39, 0.29) is 17.6 Å². The first-order valence-electron chi connectivity index (χ1n) is 5.83. The van der Waals surface area contributed by atoms with Gasteiger partial charge in [-0.3, -0.25) is 9.59 Å². The maximum atomic E-state index is 11.9. The van der Waals surface area contributed by atoms with Crippen LogP contribution in [0.25, 0.3) is 0 Å². The Morgan fingerprint density at radius 2 is 2.12 bits per heavy atom. The predicted octanol–water partition coefficient (Wildman–Crippen LogP) is 1.74. The maximum Gasteiger partial charge on any atom is 0.165 e. The molecule has 1 aliphatic rings. The number of carbonyl (C=O) groups is 2. The normalized spacial score (nSPS) is 24.8. The van der Waals surface area contributed by atoms with Crippen LogP contribution in [0, 0.1) is 12.8 Å². The van der Waals surface area contributed by atoms with E-state index in [0.29, 0.717) is 18.7 Å². The van der Waals surface area contributed by atoms with Gasteiger partial charge in [0.1, 0.15) is 11.6 Å². The van der Waals surface area contributed by atoms with Crippen LogP contribution in [0.2, 0.25) is 0 Å². The van der Waals surface area contributed by atoms with Gasteiger partial charge < -0.3 is 5.32 Å². The molecule has 0 amide bonds. The molecule has 1 aromatic heterocycles. The van der Waals surface area contributed by atoms with Crippen molar-refractivity contribution in [2.75, 3.05) is 5.32 Å². The molecule has 90 valence electrons. The summed E-state index contributed by atoms with van der Waals surface area (Å²) in [6.07, 6.45) is 2.79. The number of hydrogen-bond acceptors (Lipinski definition) is 4. The number of ketones is 2. The largest absolute Gasteiger partial charge is 0.360 e. The van der Waals surface area contributed by atoms with Crippen LogP contribution in [0.15, 0.2) is 18.3 Å². The van der Waals surface area contributed by atoms with Crippen molar-refractivity contribution in [3.8, 4) is 0 Å². The van der Waals surface area contributed by atoms with E-state index >= 15 is 0 Å². The van der Waals surface area contributed by atoms with Crippen LogP contribution in [0.1, 0.15) is 25.3 Å². The van der Waals surface area contributed by atoms with E-state index in [9.17, 15) is 9.59 Å². The summed E-state index contributed by atoms with van der Waals surface area (Å²) in [5, 5.41) is 3.10. The van der Waals surface area contributed by atoms with E-state index in [1.54, 1.807) is 13.1 Å². The van der Waals surface area contributed by atoms with Gasteiger partial charge in [-0.2, -0.15) is 0 Å². The molecular formula is C13H16N2O2. The van der Waals surface area contributed by atoms with Crippen molar-refractivity contribution in [3.05, 3.63) is 23.9 Å². The number of rotatable bonds is 2. The topological polar surface area (TPSA) is 59.1 Å². The van der Waals surface area contributed by atoms with Gasteiger partial charge in [-0.05, 0) is 31.9 Å². The third-order valence-corrected chi connectivity index (χ3v) is 3.17. The molecular weight excluding hydrogens is 216 g/mol.